The van der Waals surface area contributed by atoms with E-state index in [1.165, 1.54) is 42.1 Å². The van der Waals surface area contributed by atoms with Gasteiger partial charge in [0.25, 0.3) is 0 Å². The minimum atomic E-state index is 0.871. The van der Waals surface area contributed by atoms with Crippen LogP contribution in [0.15, 0.2) is 180 Å². The molecule has 0 aliphatic rings. The molecule has 10 rings (SSSR count). The third-order valence-electron chi connectivity index (χ3n) is 9.66. The summed E-state index contributed by atoms with van der Waals surface area (Å²) < 4.78 is 9.06. The van der Waals surface area contributed by atoms with Crippen molar-refractivity contribution in [3.63, 3.8) is 0 Å². The zero-order chi connectivity index (χ0) is 32.3. The highest BCUT2D eigenvalue weighted by molar-refractivity contribution is 7.25. The van der Waals surface area contributed by atoms with Crippen LogP contribution in [-0.4, -0.2) is 0 Å². The Morgan fingerprint density at radius 1 is 0.388 bits per heavy atom. The molecule has 0 aliphatic heterocycles. The van der Waals surface area contributed by atoms with E-state index < -0.39 is 0 Å². The molecule has 0 N–H and O–H groups in total. The number of thiophene rings is 1. The second-order valence-electron chi connectivity index (χ2n) is 12.5. The van der Waals surface area contributed by atoms with Crippen molar-refractivity contribution in [2.24, 2.45) is 0 Å². The molecule has 0 saturated carbocycles. The molecule has 8 aromatic carbocycles. The maximum atomic E-state index is 6.45. The van der Waals surface area contributed by atoms with Crippen molar-refractivity contribution in [3.8, 4) is 22.3 Å². The summed E-state index contributed by atoms with van der Waals surface area (Å²) in [6.45, 7) is 0. The van der Waals surface area contributed by atoms with Crippen molar-refractivity contribution in [2.45, 2.75) is 0 Å². The van der Waals surface area contributed by atoms with E-state index in [9.17, 15) is 0 Å². The zero-order valence-electron chi connectivity index (χ0n) is 26.5. The average molecular weight is 644 g/mol. The molecule has 0 radical (unpaired) electrons. The Kier molecular flexibility index (Phi) is 6.39. The molecule has 230 valence electrons. The lowest BCUT2D eigenvalue weighted by molar-refractivity contribution is 0.669. The van der Waals surface area contributed by atoms with E-state index in [0.29, 0.717) is 0 Å². The predicted molar refractivity (Wildman–Crippen MR) is 210 cm³/mol. The third-order valence-corrected chi connectivity index (χ3v) is 10.8. The first-order chi connectivity index (χ1) is 24.3. The Morgan fingerprint density at radius 3 is 1.84 bits per heavy atom. The largest absolute Gasteiger partial charge is 0.456 e. The molecule has 0 saturated heterocycles. The highest BCUT2D eigenvalue weighted by atomic mass is 32.1. The van der Waals surface area contributed by atoms with Crippen LogP contribution in [-0.2, 0) is 0 Å². The van der Waals surface area contributed by atoms with Crippen molar-refractivity contribution in [1.82, 2.24) is 0 Å². The summed E-state index contributed by atoms with van der Waals surface area (Å²) in [6.07, 6.45) is 0. The van der Waals surface area contributed by atoms with Gasteiger partial charge < -0.3 is 9.32 Å². The minimum absolute atomic E-state index is 0.871. The number of hydrogen-bond donors (Lipinski definition) is 0. The average Bonchev–Trinajstić information content (AvgIpc) is 3.73. The molecule has 49 heavy (non-hydrogen) atoms. The van der Waals surface area contributed by atoms with E-state index in [4.69, 9.17) is 4.42 Å². The first kappa shape index (κ1) is 27.9. The third kappa shape index (κ3) is 4.62. The first-order valence-corrected chi connectivity index (χ1v) is 17.4. The number of fused-ring (bicyclic) bond motifs is 7. The van der Waals surface area contributed by atoms with E-state index in [-0.39, 0.29) is 0 Å². The zero-order valence-corrected chi connectivity index (χ0v) is 27.3. The lowest BCUT2D eigenvalue weighted by atomic mass is 9.96. The number of hydrogen-bond acceptors (Lipinski definition) is 3. The van der Waals surface area contributed by atoms with Gasteiger partial charge in [0.15, 0.2) is 0 Å². The van der Waals surface area contributed by atoms with Crippen LogP contribution in [0.1, 0.15) is 0 Å². The fourth-order valence-electron chi connectivity index (χ4n) is 7.34. The van der Waals surface area contributed by atoms with Gasteiger partial charge in [-0.3, -0.25) is 0 Å². The van der Waals surface area contributed by atoms with Crippen LogP contribution < -0.4 is 4.90 Å². The fraction of sp³-hybridized carbons (Fsp3) is 0. The van der Waals surface area contributed by atoms with Gasteiger partial charge in [-0.15, -0.1) is 11.3 Å². The van der Waals surface area contributed by atoms with E-state index in [0.717, 1.165) is 50.1 Å². The maximum Gasteiger partial charge on any atom is 0.137 e. The summed E-state index contributed by atoms with van der Waals surface area (Å²) in [4.78, 5) is 2.41. The van der Waals surface area contributed by atoms with Gasteiger partial charge >= 0.3 is 0 Å². The number of anilines is 3. The molecule has 2 heterocycles. The van der Waals surface area contributed by atoms with E-state index in [1.54, 1.807) is 0 Å². The fourth-order valence-corrected chi connectivity index (χ4v) is 8.42. The number of para-hydroxylation sites is 3. The van der Waals surface area contributed by atoms with Gasteiger partial charge in [-0.1, -0.05) is 115 Å². The van der Waals surface area contributed by atoms with E-state index >= 15 is 0 Å². The molecule has 0 unspecified atom stereocenters. The van der Waals surface area contributed by atoms with Gasteiger partial charge in [0.05, 0.1) is 11.4 Å². The summed E-state index contributed by atoms with van der Waals surface area (Å²) in [6, 6.07) is 63.4. The Morgan fingerprint density at radius 2 is 1.00 bits per heavy atom. The van der Waals surface area contributed by atoms with Crippen molar-refractivity contribution < 1.29 is 4.42 Å². The van der Waals surface area contributed by atoms with Crippen LogP contribution in [0, 0.1) is 0 Å². The van der Waals surface area contributed by atoms with Crippen molar-refractivity contribution in [3.05, 3.63) is 176 Å². The van der Waals surface area contributed by atoms with Crippen molar-refractivity contribution >= 4 is 81.3 Å². The molecule has 2 nitrogen and oxygen atoms in total. The molecule has 10 aromatic rings. The van der Waals surface area contributed by atoms with Gasteiger partial charge in [0.1, 0.15) is 11.2 Å². The Labute approximate surface area is 287 Å². The number of nitrogens with zero attached hydrogens (tertiary/aromatic N) is 1. The topological polar surface area (TPSA) is 16.4 Å². The molecular weight excluding hydrogens is 615 g/mol. The normalized spacial score (nSPS) is 11.7. The summed E-state index contributed by atoms with van der Waals surface area (Å²) in [5.41, 5.74) is 9.69. The van der Waals surface area contributed by atoms with Crippen LogP contribution in [0.25, 0.3) is 75.1 Å². The standard InChI is InChI=1S/C46H29NOS/c1-2-12-31-27-32(22-21-30(31)11-1)35-13-3-7-17-41(35)47(34-24-25-38-37-15-5-9-19-43(37)48-44(38)29-34)42-18-8-4-14-36(42)33-23-26-46-40(28-33)39-16-6-10-20-45(39)49-46/h1-29H. The second kappa shape index (κ2) is 11.2. The molecule has 3 heteroatoms. The Hall–Kier alpha value is -6.16. The van der Waals surface area contributed by atoms with Gasteiger partial charge in [-0.25, -0.2) is 0 Å². The van der Waals surface area contributed by atoms with Gasteiger partial charge in [-0.05, 0) is 76.5 Å². The first-order valence-electron chi connectivity index (χ1n) is 16.6. The van der Waals surface area contributed by atoms with E-state index in [2.05, 4.69) is 169 Å². The Balaban J connectivity index is 1.22. The number of furan rings is 1. The van der Waals surface area contributed by atoms with Crippen LogP contribution >= 0.6 is 11.3 Å². The summed E-state index contributed by atoms with van der Waals surface area (Å²) in [7, 11) is 0. The highest BCUT2D eigenvalue weighted by Gasteiger charge is 2.22. The monoisotopic (exact) mass is 643 g/mol. The number of rotatable bonds is 5. The number of benzene rings is 8. The summed E-state index contributed by atoms with van der Waals surface area (Å²) >= 11 is 1.85. The summed E-state index contributed by atoms with van der Waals surface area (Å²) in [5.74, 6) is 0. The minimum Gasteiger partial charge on any atom is -0.456 e. The quantitative estimate of drug-likeness (QED) is 0.186. The molecule has 0 bridgehead atoms. The molecule has 0 amide bonds. The lowest BCUT2D eigenvalue weighted by Crippen LogP contribution is -2.12. The van der Waals surface area contributed by atoms with Gasteiger partial charge in [-0.2, -0.15) is 0 Å². The van der Waals surface area contributed by atoms with Crippen molar-refractivity contribution in [2.75, 3.05) is 4.90 Å². The lowest BCUT2D eigenvalue weighted by Gasteiger charge is -2.30. The summed E-state index contributed by atoms with van der Waals surface area (Å²) in [5, 5.41) is 7.30. The molecule has 0 spiro atoms. The molecule has 0 atom stereocenters. The smallest absolute Gasteiger partial charge is 0.137 e. The Bertz CT molecular complexity index is 2860. The van der Waals surface area contributed by atoms with Gasteiger partial charge in [0, 0.05) is 53.8 Å². The van der Waals surface area contributed by atoms with Crippen LogP contribution in [0.2, 0.25) is 0 Å². The van der Waals surface area contributed by atoms with Crippen LogP contribution in [0.3, 0.4) is 0 Å². The molecule has 2 aromatic heterocycles. The maximum absolute atomic E-state index is 6.45. The molecular formula is C46H29NOS. The van der Waals surface area contributed by atoms with E-state index in [1.807, 2.05) is 23.5 Å². The second-order valence-corrected chi connectivity index (χ2v) is 13.6. The van der Waals surface area contributed by atoms with Crippen LogP contribution in [0.4, 0.5) is 17.1 Å². The predicted octanol–water partition coefficient (Wildman–Crippen LogP) is 13.9. The van der Waals surface area contributed by atoms with Crippen LogP contribution in [0.5, 0.6) is 0 Å². The molecule has 0 aliphatic carbocycles. The van der Waals surface area contributed by atoms with Crippen molar-refractivity contribution in [1.29, 1.82) is 0 Å². The molecule has 0 fully saturated rings. The van der Waals surface area contributed by atoms with Gasteiger partial charge in [0.2, 0.25) is 0 Å². The highest BCUT2D eigenvalue weighted by Crippen LogP contribution is 2.47. The SMILES string of the molecule is c1ccc(N(c2ccc3c(c2)oc2ccccc23)c2ccccc2-c2ccc3sc4ccccc4c3c2)c(-c2ccc3ccccc3c2)c1.